The number of hydrogen-bond donors (Lipinski definition) is 0. The van der Waals surface area contributed by atoms with E-state index in [2.05, 4.69) is 38.4 Å². The van der Waals surface area contributed by atoms with E-state index in [1.807, 2.05) is 25.1 Å². The monoisotopic (exact) mass is 387 g/mol. The highest BCUT2D eigenvalue weighted by molar-refractivity contribution is 8.03. The van der Waals surface area contributed by atoms with Crippen molar-refractivity contribution in [3.8, 4) is 0 Å². The number of aromatic nitrogens is 1. The Balaban J connectivity index is 2.87. The van der Waals surface area contributed by atoms with E-state index in [1.165, 1.54) is 12.0 Å². The molecule has 1 heterocycles. The fourth-order valence-electron chi connectivity index (χ4n) is 2.66. The van der Waals surface area contributed by atoms with Gasteiger partial charge in [0.15, 0.2) is 0 Å². The quantitative estimate of drug-likeness (QED) is 0.235. The van der Waals surface area contributed by atoms with Gasteiger partial charge in [-0.15, -0.1) is 18.3 Å². The highest BCUT2D eigenvalue weighted by Gasteiger charge is 2.19. The Kier molecular flexibility index (Phi) is 11.5. The van der Waals surface area contributed by atoms with Crippen molar-refractivity contribution < 1.29 is 9.53 Å². The van der Waals surface area contributed by atoms with Crippen LogP contribution in [-0.4, -0.2) is 23.3 Å². The first kappa shape index (κ1) is 23.2. The predicted molar refractivity (Wildman–Crippen MR) is 118 cm³/mol. The summed E-state index contributed by atoms with van der Waals surface area (Å²) in [5.74, 6) is 1.34. The van der Waals surface area contributed by atoms with Gasteiger partial charge in [0.25, 0.3) is 0 Å². The number of nitrogens with zero attached hydrogens (tertiary/aromatic N) is 1. The van der Waals surface area contributed by atoms with E-state index in [1.54, 1.807) is 24.2 Å². The molecule has 1 unspecified atom stereocenters. The molecule has 0 N–H and O–H groups in total. The predicted octanol–water partition coefficient (Wildman–Crippen LogP) is 6.44. The molecule has 3 nitrogen and oxygen atoms in total. The third-order valence-corrected chi connectivity index (χ3v) is 5.30. The molecule has 1 atom stereocenters. The maximum Gasteiger partial charge on any atom is 0.339 e. The van der Waals surface area contributed by atoms with Gasteiger partial charge in [-0.25, -0.2) is 4.79 Å². The molecule has 1 rings (SSSR count). The molecule has 0 radical (unpaired) electrons. The standard InChI is InChI=1S/C23H33NO2S/c1-6-10-21(27-16-14-19(5)12-8-11-18(3)4)22(23(25)26-7-2)20-13-9-15-24-17-20/h6,9,11,13,15,17,19H,1,7-8,10,12,14,16H2,2-5H3. The Morgan fingerprint density at radius 1 is 1.37 bits per heavy atom. The van der Waals surface area contributed by atoms with Gasteiger partial charge in [-0.1, -0.05) is 30.7 Å². The average Bonchev–Trinajstić information content (AvgIpc) is 2.63. The lowest BCUT2D eigenvalue weighted by atomic mass is 10.0. The Labute approximate surface area is 169 Å². The molecule has 0 amide bonds. The van der Waals surface area contributed by atoms with Crippen LogP contribution in [0.1, 0.15) is 58.9 Å². The Bertz CT molecular complexity index is 646. The number of hydrogen-bond acceptors (Lipinski definition) is 4. The normalized spacial score (nSPS) is 12.7. The largest absolute Gasteiger partial charge is 0.462 e. The van der Waals surface area contributed by atoms with Crippen molar-refractivity contribution in [3.05, 3.63) is 59.3 Å². The summed E-state index contributed by atoms with van der Waals surface area (Å²) in [7, 11) is 0. The van der Waals surface area contributed by atoms with Crippen molar-refractivity contribution in [2.75, 3.05) is 12.4 Å². The summed E-state index contributed by atoms with van der Waals surface area (Å²) in [6, 6.07) is 3.75. The van der Waals surface area contributed by atoms with E-state index in [0.717, 1.165) is 29.1 Å². The third kappa shape index (κ3) is 9.09. The van der Waals surface area contributed by atoms with Crippen LogP contribution in [0, 0.1) is 5.92 Å². The van der Waals surface area contributed by atoms with Crippen LogP contribution >= 0.6 is 11.8 Å². The van der Waals surface area contributed by atoms with Crippen molar-refractivity contribution in [1.29, 1.82) is 0 Å². The van der Waals surface area contributed by atoms with E-state index >= 15 is 0 Å². The molecule has 0 aromatic carbocycles. The van der Waals surface area contributed by atoms with E-state index in [0.29, 0.717) is 24.5 Å². The van der Waals surface area contributed by atoms with E-state index in [4.69, 9.17) is 4.74 Å². The first-order valence-corrected chi connectivity index (χ1v) is 10.7. The summed E-state index contributed by atoms with van der Waals surface area (Å²) in [5, 5.41) is 0. The minimum absolute atomic E-state index is 0.286. The molecule has 148 valence electrons. The molecule has 27 heavy (non-hydrogen) atoms. The molecule has 0 aliphatic heterocycles. The van der Waals surface area contributed by atoms with Gasteiger partial charge in [0.05, 0.1) is 12.2 Å². The molecule has 1 aromatic rings. The van der Waals surface area contributed by atoms with Crippen molar-refractivity contribution in [1.82, 2.24) is 4.98 Å². The zero-order valence-electron chi connectivity index (χ0n) is 17.2. The first-order valence-electron chi connectivity index (χ1n) is 9.67. The molecule has 1 aromatic heterocycles. The smallest absolute Gasteiger partial charge is 0.339 e. The molecular formula is C23H33NO2S. The van der Waals surface area contributed by atoms with E-state index in [9.17, 15) is 4.79 Å². The van der Waals surface area contributed by atoms with Crippen LogP contribution < -0.4 is 0 Å². The summed E-state index contributed by atoms with van der Waals surface area (Å²) in [4.78, 5) is 17.8. The number of pyridine rings is 1. The van der Waals surface area contributed by atoms with Crippen LogP contribution in [0.25, 0.3) is 5.57 Å². The number of carbonyl (C=O) groups is 1. The molecule has 0 spiro atoms. The van der Waals surface area contributed by atoms with Crippen LogP contribution in [0.3, 0.4) is 0 Å². The number of rotatable bonds is 12. The summed E-state index contributed by atoms with van der Waals surface area (Å²) >= 11 is 1.74. The Morgan fingerprint density at radius 2 is 2.15 bits per heavy atom. The first-order chi connectivity index (χ1) is 13.0. The average molecular weight is 388 g/mol. The van der Waals surface area contributed by atoms with Crippen LogP contribution in [-0.2, 0) is 9.53 Å². The maximum atomic E-state index is 12.6. The van der Waals surface area contributed by atoms with Gasteiger partial charge in [-0.3, -0.25) is 4.98 Å². The topological polar surface area (TPSA) is 39.2 Å². The second kappa shape index (κ2) is 13.4. The van der Waals surface area contributed by atoms with Gasteiger partial charge >= 0.3 is 5.97 Å². The van der Waals surface area contributed by atoms with Crippen molar-refractivity contribution in [2.24, 2.45) is 5.92 Å². The lowest BCUT2D eigenvalue weighted by molar-refractivity contribution is -0.136. The number of esters is 1. The summed E-state index contributed by atoms with van der Waals surface area (Å²) in [6.07, 6.45) is 11.7. The maximum absolute atomic E-state index is 12.6. The van der Waals surface area contributed by atoms with Crippen molar-refractivity contribution in [3.63, 3.8) is 0 Å². The molecule has 0 bridgehead atoms. The highest BCUT2D eigenvalue weighted by Crippen LogP contribution is 2.32. The lowest BCUT2D eigenvalue weighted by Gasteiger charge is -2.15. The van der Waals surface area contributed by atoms with Gasteiger partial charge in [0, 0.05) is 22.9 Å². The number of allylic oxidation sites excluding steroid dienone is 4. The molecule has 0 aliphatic rings. The number of ether oxygens (including phenoxy) is 1. The third-order valence-electron chi connectivity index (χ3n) is 4.14. The van der Waals surface area contributed by atoms with Crippen LogP contribution in [0.15, 0.2) is 53.7 Å². The number of carbonyl (C=O) groups excluding carboxylic acids is 1. The van der Waals surface area contributed by atoms with E-state index in [-0.39, 0.29) is 5.97 Å². The van der Waals surface area contributed by atoms with Gasteiger partial charge in [0.1, 0.15) is 0 Å². The molecule has 0 saturated carbocycles. The van der Waals surface area contributed by atoms with Gasteiger partial charge in [0.2, 0.25) is 0 Å². The summed E-state index contributed by atoms with van der Waals surface area (Å²) < 4.78 is 5.31. The van der Waals surface area contributed by atoms with E-state index < -0.39 is 0 Å². The van der Waals surface area contributed by atoms with Crippen molar-refractivity contribution in [2.45, 2.75) is 53.4 Å². The Hall–Kier alpha value is -1.81. The fourth-order valence-corrected chi connectivity index (χ4v) is 4.00. The van der Waals surface area contributed by atoms with Crippen LogP contribution in [0.5, 0.6) is 0 Å². The lowest BCUT2D eigenvalue weighted by Crippen LogP contribution is -2.09. The molecule has 0 aliphatic carbocycles. The number of thioether (sulfide) groups is 1. The molecule has 0 saturated heterocycles. The van der Waals surface area contributed by atoms with Crippen LogP contribution in [0.4, 0.5) is 0 Å². The summed E-state index contributed by atoms with van der Waals surface area (Å²) in [5.41, 5.74) is 2.80. The minimum Gasteiger partial charge on any atom is -0.462 e. The van der Waals surface area contributed by atoms with Gasteiger partial charge in [-0.2, -0.15) is 0 Å². The minimum atomic E-state index is -0.286. The second-order valence-corrected chi connectivity index (χ2v) is 8.04. The Morgan fingerprint density at radius 3 is 2.74 bits per heavy atom. The van der Waals surface area contributed by atoms with Gasteiger partial charge < -0.3 is 4.74 Å². The SMILES string of the molecule is C=CCC(SCCC(C)CCC=C(C)C)=C(C(=O)OCC)c1cccnc1. The molecule has 0 fully saturated rings. The highest BCUT2D eigenvalue weighted by atomic mass is 32.2. The molecular weight excluding hydrogens is 354 g/mol. The fraction of sp³-hybridized carbons (Fsp3) is 0.478. The zero-order valence-corrected chi connectivity index (χ0v) is 18.0. The zero-order chi connectivity index (χ0) is 20.1. The van der Waals surface area contributed by atoms with Crippen LogP contribution in [0.2, 0.25) is 0 Å². The van der Waals surface area contributed by atoms with Gasteiger partial charge in [-0.05, 0) is 64.2 Å². The molecule has 4 heteroatoms. The summed E-state index contributed by atoms with van der Waals surface area (Å²) in [6.45, 7) is 12.6. The second-order valence-electron chi connectivity index (χ2n) is 6.85. The van der Waals surface area contributed by atoms with Crippen molar-refractivity contribution >= 4 is 23.3 Å².